The van der Waals surface area contributed by atoms with Crippen molar-refractivity contribution in [3.8, 4) is 0 Å². The number of carbonyl (C=O) groups excluding carboxylic acids is 2. The fraction of sp³-hybridized carbons (Fsp3) is 0.192. The van der Waals surface area contributed by atoms with Crippen molar-refractivity contribution in [2.45, 2.75) is 18.9 Å². The molecule has 0 bridgehead atoms. The summed E-state index contributed by atoms with van der Waals surface area (Å²) in [5.74, 6) is -1.91. The molecular formula is C26H21FN2O5. The number of methoxy groups -OCH3 is 1. The summed E-state index contributed by atoms with van der Waals surface area (Å²) in [5, 5.41) is 14.8. The summed E-state index contributed by atoms with van der Waals surface area (Å²) >= 11 is 0. The molecule has 1 saturated heterocycles. The lowest BCUT2D eigenvalue weighted by molar-refractivity contribution is -0.132. The number of anilines is 1. The van der Waals surface area contributed by atoms with Gasteiger partial charge in [0.1, 0.15) is 18.7 Å². The van der Waals surface area contributed by atoms with Crippen LogP contribution >= 0.6 is 0 Å². The van der Waals surface area contributed by atoms with Gasteiger partial charge >= 0.3 is 0 Å². The molecule has 0 saturated carbocycles. The van der Waals surface area contributed by atoms with Crippen molar-refractivity contribution in [3.05, 3.63) is 99.7 Å². The highest BCUT2D eigenvalue weighted by atomic mass is 19.1. The first-order valence-corrected chi connectivity index (χ1v) is 10.5. The normalized spacial score (nSPS) is 21.4. The number of halogens is 1. The van der Waals surface area contributed by atoms with Crippen LogP contribution < -0.4 is 4.90 Å². The lowest BCUT2D eigenvalue weighted by atomic mass is 9.90. The molecule has 1 unspecified atom stereocenters. The van der Waals surface area contributed by atoms with Gasteiger partial charge in [-0.3, -0.25) is 14.5 Å². The fourth-order valence-electron chi connectivity index (χ4n) is 3.91. The summed E-state index contributed by atoms with van der Waals surface area (Å²) in [5.41, 5.74) is 7.39. The quantitative estimate of drug-likeness (QED) is 0.172. The number of Topliss-reactive ketones (excluding diaryl/α,β-unsaturated/α-hetero) is 1. The Kier molecular flexibility index (Phi) is 6.46. The highest BCUT2D eigenvalue weighted by molar-refractivity contribution is 6.51. The average Bonchev–Trinajstić information content (AvgIpc) is 3.13. The molecule has 1 fully saturated rings. The van der Waals surface area contributed by atoms with Gasteiger partial charge in [0.05, 0.1) is 30.5 Å². The minimum absolute atomic E-state index is 0.0909. The number of carbonyl (C=O) groups is 2. The Morgan fingerprint density at radius 3 is 2.50 bits per heavy atom. The van der Waals surface area contributed by atoms with E-state index >= 15 is 0 Å². The van der Waals surface area contributed by atoms with Gasteiger partial charge in [-0.2, -0.15) is 0 Å². The van der Waals surface area contributed by atoms with E-state index in [4.69, 9.17) is 4.74 Å². The largest absolute Gasteiger partial charge is 0.506 e. The standard InChI is InChI=1S/C26H21FN2O5/c1-33-21-13-7-18(8-14-21)24(30)22-23(17-5-9-19(27)10-6-17)29(26(32)25(22)31)20-11-3-16(4-12-20)15-28-34-2/h3-5,7,9,11-13,15,23,30H,6,10H2,1-2H3/b24-22-,28-15+. The van der Waals surface area contributed by atoms with Crippen LogP contribution in [0.4, 0.5) is 10.1 Å². The molecule has 1 N–H and O–H groups in total. The van der Waals surface area contributed by atoms with Crippen molar-refractivity contribution >= 4 is 23.6 Å². The number of hydrogen-bond donors (Lipinski definition) is 1. The number of rotatable bonds is 6. The van der Waals surface area contributed by atoms with E-state index in [1.165, 1.54) is 37.5 Å². The van der Waals surface area contributed by atoms with Crippen LogP contribution in [0.15, 0.2) is 99.3 Å². The Morgan fingerprint density at radius 2 is 1.91 bits per heavy atom. The number of benzene rings is 1. The molecule has 1 aliphatic heterocycles. The van der Waals surface area contributed by atoms with Crippen LogP contribution in [0.3, 0.4) is 0 Å². The lowest BCUT2D eigenvalue weighted by Gasteiger charge is -2.28. The topological polar surface area (TPSA) is 88.4 Å². The van der Waals surface area contributed by atoms with Gasteiger partial charge in [0, 0.05) is 12.1 Å². The molecule has 0 aromatic heterocycles. The van der Waals surface area contributed by atoms with E-state index in [0.717, 1.165) is 5.56 Å². The smallest absolute Gasteiger partial charge is 0.300 e. The van der Waals surface area contributed by atoms with E-state index in [1.54, 1.807) is 36.4 Å². The molecule has 1 aromatic carbocycles. The van der Waals surface area contributed by atoms with Crippen LogP contribution in [-0.2, 0) is 19.2 Å². The maximum Gasteiger partial charge on any atom is 0.300 e. The Bertz CT molecular complexity index is 1300. The Balaban J connectivity index is 1.86. The molecule has 0 spiro atoms. The van der Waals surface area contributed by atoms with Crippen molar-refractivity contribution in [3.63, 3.8) is 0 Å². The summed E-state index contributed by atoms with van der Waals surface area (Å²) in [6.07, 6.45) is 7.89. The number of oxime groups is 1. The summed E-state index contributed by atoms with van der Waals surface area (Å²) in [6.45, 7) is 0. The van der Waals surface area contributed by atoms with E-state index in [0.29, 0.717) is 17.0 Å². The molecule has 0 radical (unpaired) electrons. The van der Waals surface area contributed by atoms with Crippen LogP contribution in [0.2, 0.25) is 0 Å². The van der Waals surface area contributed by atoms with Gasteiger partial charge < -0.3 is 14.7 Å². The zero-order valence-corrected chi connectivity index (χ0v) is 18.5. The van der Waals surface area contributed by atoms with E-state index in [-0.39, 0.29) is 35.6 Å². The van der Waals surface area contributed by atoms with Crippen molar-refractivity contribution in [2.75, 3.05) is 19.1 Å². The van der Waals surface area contributed by atoms with Gasteiger partial charge in [-0.25, -0.2) is 4.39 Å². The summed E-state index contributed by atoms with van der Waals surface area (Å²) in [6, 6.07) is 5.87. The SMILES string of the molecule is CO/N=C/c1ccc(N2C(=O)C(=O)/C(=C(\O)C3=C=C=C(OC)C=C3)C2C2=CC=C(F)CC2)cc1. The third-order valence-corrected chi connectivity index (χ3v) is 5.60. The first-order chi connectivity index (χ1) is 16.4. The molecule has 7 nitrogen and oxygen atoms in total. The third-order valence-electron chi connectivity index (χ3n) is 5.60. The van der Waals surface area contributed by atoms with Gasteiger partial charge in [0.2, 0.25) is 0 Å². The van der Waals surface area contributed by atoms with Gasteiger partial charge in [-0.1, -0.05) is 29.1 Å². The van der Waals surface area contributed by atoms with E-state index in [1.807, 2.05) is 0 Å². The minimum Gasteiger partial charge on any atom is -0.506 e. The van der Waals surface area contributed by atoms with E-state index in [9.17, 15) is 19.1 Å². The van der Waals surface area contributed by atoms with Crippen molar-refractivity contribution in [2.24, 2.45) is 5.16 Å². The van der Waals surface area contributed by atoms with Crippen molar-refractivity contribution < 1.29 is 28.7 Å². The molecular weight excluding hydrogens is 439 g/mol. The second-order valence-corrected chi connectivity index (χ2v) is 7.60. The second kappa shape index (κ2) is 9.63. The summed E-state index contributed by atoms with van der Waals surface area (Å²) < 4.78 is 18.8. The summed E-state index contributed by atoms with van der Waals surface area (Å²) in [7, 11) is 2.90. The van der Waals surface area contributed by atoms with E-state index < -0.39 is 17.7 Å². The van der Waals surface area contributed by atoms with Gasteiger partial charge in [0.25, 0.3) is 11.7 Å². The van der Waals surface area contributed by atoms with Crippen molar-refractivity contribution in [1.82, 2.24) is 0 Å². The van der Waals surface area contributed by atoms with Crippen LogP contribution in [0.5, 0.6) is 0 Å². The number of amides is 1. The highest BCUT2D eigenvalue weighted by Crippen LogP contribution is 2.38. The first-order valence-electron chi connectivity index (χ1n) is 10.5. The first kappa shape index (κ1) is 22.8. The monoisotopic (exact) mass is 460 g/mol. The van der Waals surface area contributed by atoms with Crippen LogP contribution in [0.1, 0.15) is 18.4 Å². The highest BCUT2D eigenvalue weighted by Gasteiger charge is 2.47. The Morgan fingerprint density at radius 1 is 1.15 bits per heavy atom. The van der Waals surface area contributed by atoms with Gasteiger partial charge in [-0.15, -0.1) is 0 Å². The molecule has 3 aliphatic rings. The number of allylic oxidation sites excluding steroid dienone is 5. The Labute approximate surface area is 195 Å². The number of aliphatic hydroxyl groups is 1. The van der Waals surface area contributed by atoms with Crippen molar-refractivity contribution in [1.29, 1.82) is 0 Å². The number of ether oxygens (including phenoxy) is 1. The molecule has 4 rings (SSSR count). The molecule has 2 aliphatic carbocycles. The van der Waals surface area contributed by atoms with Crippen LogP contribution in [0, 0.1) is 0 Å². The maximum atomic E-state index is 13.7. The average molecular weight is 460 g/mol. The van der Waals surface area contributed by atoms with Crippen LogP contribution in [0.25, 0.3) is 0 Å². The fourth-order valence-corrected chi connectivity index (χ4v) is 3.91. The number of nitrogens with zero attached hydrogens (tertiary/aromatic N) is 2. The molecule has 8 heteroatoms. The number of hydrogen-bond acceptors (Lipinski definition) is 6. The zero-order chi connectivity index (χ0) is 24.2. The van der Waals surface area contributed by atoms with Gasteiger partial charge in [-0.05, 0) is 53.6 Å². The lowest BCUT2D eigenvalue weighted by Crippen LogP contribution is -2.36. The molecule has 1 atom stereocenters. The molecule has 1 amide bonds. The van der Waals surface area contributed by atoms with Crippen LogP contribution in [-0.4, -0.2) is 43.3 Å². The number of ketones is 1. The van der Waals surface area contributed by atoms with Gasteiger partial charge in [0.15, 0.2) is 5.76 Å². The molecule has 172 valence electrons. The maximum absolute atomic E-state index is 13.7. The van der Waals surface area contributed by atoms with E-state index in [2.05, 4.69) is 21.5 Å². The molecule has 1 aromatic rings. The molecule has 34 heavy (non-hydrogen) atoms. The minimum atomic E-state index is -0.904. The Hall–Kier alpha value is -4.38. The zero-order valence-electron chi connectivity index (χ0n) is 18.5. The second-order valence-electron chi connectivity index (χ2n) is 7.60. The predicted octanol–water partition coefficient (Wildman–Crippen LogP) is 4.12. The number of aliphatic hydroxyl groups excluding tert-OH is 1. The third kappa shape index (κ3) is 4.28. The predicted molar refractivity (Wildman–Crippen MR) is 124 cm³/mol. The summed E-state index contributed by atoms with van der Waals surface area (Å²) in [4.78, 5) is 32.3. The molecule has 1 heterocycles.